The first-order valence-corrected chi connectivity index (χ1v) is 21.4. The Morgan fingerprint density at radius 1 is 0.645 bits per heavy atom. The first-order chi connectivity index (χ1) is 30.2. The predicted octanol–water partition coefficient (Wildman–Crippen LogP) is 15.4. The number of aromatic hydroxyl groups is 1. The first kappa shape index (κ1) is 40.5. The molecule has 0 radical (unpaired) electrons. The maximum atomic E-state index is 12.3. The van der Waals surface area contributed by atoms with Crippen molar-refractivity contribution in [1.82, 2.24) is 14.5 Å². The van der Waals surface area contributed by atoms with E-state index in [1.54, 1.807) is 18.3 Å². The van der Waals surface area contributed by atoms with Crippen LogP contribution in [0.4, 0.5) is 0 Å². The summed E-state index contributed by atoms with van der Waals surface area (Å²) in [4.78, 5) is 10.5. The third kappa shape index (κ3) is 8.73. The minimum atomic E-state index is -2.17. The molecule has 318 valence electrons. The zero-order chi connectivity index (χ0) is 45.9. The predicted molar refractivity (Wildman–Crippen MR) is 257 cm³/mol. The van der Waals surface area contributed by atoms with Crippen molar-refractivity contribution in [2.75, 3.05) is 0 Å². The average Bonchev–Trinajstić information content (AvgIpc) is 3.65. The normalized spacial score (nSPS) is 12.9. The smallest absolute Gasteiger partial charge is 0.148 e. The van der Waals surface area contributed by atoms with E-state index >= 15 is 0 Å². The Balaban J connectivity index is 0.00000630. The summed E-state index contributed by atoms with van der Waals surface area (Å²) in [5.41, 5.74) is 15.1. The molecule has 2 heterocycles. The second-order valence-electron chi connectivity index (χ2n) is 19.1. The fourth-order valence-corrected chi connectivity index (χ4v) is 8.21. The van der Waals surface area contributed by atoms with E-state index in [4.69, 9.17) is 14.1 Å². The Bertz CT molecular complexity index is 3010. The van der Waals surface area contributed by atoms with Crippen LogP contribution in [-0.4, -0.2) is 19.6 Å². The van der Waals surface area contributed by atoms with Gasteiger partial charge in [0.1, 0.15) is 11.6 Å². The van der Waals surface area contributed by atoms with Gasteiger partial charge in [0.2, 0.25) is 0 Å². The molecule has 0 unspecified atom stereocenters. The maximum Gasteiger partial charge on any atom is 0.148 e. The van der Waals surface area contributed by atoms with Crippen molar-refractivity contribution in [3.05, 3.63) is 167 Å². The van der Waals surface area contributed by atoms with Crippen molar-refractivity contribution in [3.63, 3.8) is 0 Å². The van der Waals surface area contributed by atoms with Gasteiger partial charge in [0, 0.05) is 37.1 Å². The number of hydrogen-bond donors (Lipinski definition) is 1. The summed E-state index contributed by atoms with van der Waals surface area (Å²) < 4.78 is 25.8. The average molecular weight is 999 g/mol. The summed E-state index contributed by atoms with van der Waals surface area (Å²) in [6.07, 6.45) is 1.80. The second-order valence-corrected chi connectivity index (χ2v) is 19.1. The quantitative estimate of drug-likeness (QED) is 0.154. The number of phenols is 1. The third-order valence-corrected chi connectivity index (χ3v) is 11.8. The van der Waals surface area contributed by atoms with E-state index in [2.05, 4.69) is 165 Å². The second kappa shape index (κ2) is 17.3. The van der Waals surface area contributed by atoms with E-state index in [9.17, 15) is 5.11 Å². The number of fused-ring (bicyclic) bond motifs is 1. The summed E-state index contributed by atoms with van der Waals surface area (Å²) in [6, 6.07) is 47.1. The van der Waals surface area contributed by atoms with Crippen molar-refractivity contribution >= 4 is 11.0 Å². The van der Waals surface area contributed by atoms with Crippen molar-refractivity contribution in [2.45, 2.75) is 98.8 Å². The van der Waals surface area contributed by atoms with Crippen LogP contribution in [0.5, 0.6) is 5.75 Å². The van der Waals surface area contributed by atoms with Gasteiger partial charge in [0.15, 0.2) is 0 Å². The summed E-state index contributed by atoms with van der Waals surface area (Å²) in [5.74, 6) is 1.25. The summed E-state index contributed by atoms with van der Waals surface area (Å²) in [7, 11) is 0. The molecular weight excluding hydrogens is 938 g/mol. The number of aryl methyl sites for hydroxylation is 1. The Morgan fingerprint density at radius 2 is 1.32 bits per heavy atom. The summed E-state index contributed by atoms with van der Waals surface area (Å²) in [6.45, 7) is 19.9. The largest absolute Gasteiger partial charge is 0.507 e. The number of rotatable bonds is 8. The molecule has 0 bridgehead atoms. The molecule has 8 rings (SSSR count). The molecule has 1 N–H and O–H groups in total. The molecule has 0 saturated carbocycles. The number of aromatic nitrogens is 3. The van der Waals surface area contributed by atoms with Gasteiger partial charge in [-0.25, -0.2) is 4.98 Å². The number of para-hydroxylation sites is 1. The van der Waals surface area contributed by atoms with Gasteiger partial charge in [-0.15, -0.1) is 29.3 Å². The van der Waals surface area contributed by atoms with Crippen molar-refractivity contribution in [3.8, 4) is 67.5 Å². The molecule has 4 nitrogen and oxygen atoms in total. The molecule has 2 aromatic heterocycles. The minimum absolute atomic E-state index is 0. The van der Waals surface area contributed by atoms with Gasteiger partial charge in [0.25, 0.3) is 0 Å². The van der Waals surface area contributed by atoms with Crippen LogP contribution in [0.2, 0.25) is 0 Å². The van der Waals surface area contributed by atoms with Gasteiger partial charge in [-0.05, 0) is 98.8 Å². The fourth-order valence-electron chi connectivity index (χ4n) is 8.21. The number of hydrogen-bond acceptors (Lipinski definition) is 3. The summed E-state index contributed by atoms with van der Waals surface area (Å²) >= 11 is 0. The first-order valence-electron chi connectivity index (χ1n) is 22.9. The molecular formula is C57H58N3OPt-. The zero-order valence-electron chi connectivity index (χ0n) is 40.5. The molecule has 0 atom stereocenters. The van der Waals surface area contributed by atoms with Gasteiger partial charge in [-0.2, -0.15) is 0 Å². The molecule has 0 aliphatic heterocycles. The number of imidazole rings is 1. The van der Waals surface area contributed by atoms with Crippen LogP contribution in [0.25, 0.3) is 72.7 Å². The molecule has 6 aromatic carbocycles. The fraction of sp³-hybridized carbons (Fsp3) is 0.263. The molecule has 0 aliphatic rings. The van der Waals surface area contributed by atoms with E-state index in [1.165, 1.54) is 0 Å². The van der Waals surface area contributed by atoms with Crippen molar-refractivity contribution in [2.24, 2.45) is 0 Å². The molecule has 8 aromatic rings. The molecule has 0 spiro atoms. The number of nitrogens with zero attached hydrogens (tertiary/aromatic N) is 3. The van der Waals surface area contributed by atoms with Gasteiger partial charge in [0.05, 0.1) is 22.3 Å². The molecule has 0 fully saturated rings. The van der Waals surface area contributed by atoms with Crippen LogP contribution in [0.15, 0.2) is 134 Å². The van der Waals surface area contributed by atoms with Gasteiger partial charge in [-0.1, -0.05) is 171 Å². The van der Waals surface area contributed by atoms with Crippen LogP contribution >= 0.6 is 0 Å². The topological polar surface area (TPSA) is 50.9 Å². The van der Waals surface area contributed by atoms with Gasteiger partial charge >= 0.3 is 0 Å². The van der Waals surface area contributed by atoms with E-state index < -0.39 is 6.85 Å². The van der Waals surface area contributed by atoms with E-state index in [-0.39, 0.29) is 49.5 Å². The van der Waals surface area contributed by atoms with Crippen LogP contribution in [-0.2, 0) is 31.9 Å². The Hall–Kier alpha value is -5.57. The maximum absolute atomic E-state index is 12.3. The summed E-state index contributed by atoms with van der Waals surface area (Å²) in [5, 5.41) is 12.3. The van der Waals surface area contributed by atoms with Crippen LogP contribution in [0, 0.1) is 12.9 Å². The number of pyridine rings is 1. The molecule has 0 amide bonds. The molecule has 0 saturated heterocycles. The monoisotopic (exact) mass is 998 g/mol. The minimum Gasteiger partial charge on any atom is -0.507 e. The van der Waals surface area contributed by atoms with Crippen LogP contribution < -0.4 is 0 Å². The molecule has 5 heteroatoms. The zero-order valence-corrected chi connectivity index (χ0v) is 39.7. The SMILES string of the molecule is [2H]C([2H])([2H])c1ccc(-c2ccnc(-c3[c-]c(-c4cccc5c4nc(-c4cc(C(C)C)cc(C(C)C)c4O)n5-c4ccc(-c5ccccc5)cc4C(C)(C)C)cc(C(C)(C)C)c3)c2)cc1.[Pt]. The number of phenolic OH excluding ortho intramolecular Hbond substituents is 1. The third-order valence-electron chi connectivity index (χ3n) is 11.8. The molecule has 62 heavy (non-hydrogen) atoms. The Labute approximate surface area is 387 Å². The Morgan fingerprint density at radius 3 is 1.98 bits per heavy atom. The van der Waals surface area contributed by atoms with E-state index in [0.717, 1.165) is 83.6 Å². The van der Waals surface area contributed by atoms with Crippen LogP contribution in [0.3, 0.4) is 0 Å². The molecule has 0 aliphatic carbocycles. The van der Waals surface area contributed by atoms with Crippen molar-refractivity contribution in [1.29, 1.82) is 0 Å². The van der Waals surface area contributed by atoms with Crippen molar-refractivity contribution < 1.29 is 30.3 Å². The number of benzene rings is 6. The van der Waals surface area contributed by atoms with Crippen LogP contribution in [0.1, 0.15) is 113 Å². The van der Waals surface area contributed by atoms with Gasteiger partial charge in [-0.3, -0.25) is 9.55 Å². The van der Waals surface area contributed by atoms with E-state index in [0.29, 0.717) is 17.0 Å². The van der Waals surface area contributed by atoms with Gasteiger partial charge < -0.3 is 5.11 Å². The Kier molecular flexibility index (Phi) is 11.3. The standard InChI is InChI=1S/C57H58N3O.Pt/c1-35(2)42-31-47(36(3)4)54(61)48(32-42)55-59-53-46(18-15-19-52(53)60(55)51-25-24-40(33-49(51)57(9,10)11)38-16-13-12-14-17-38)43-28-44(30-45(29-43)56(6,7)8)50-34-41(26-27-58-50)39-22-20-37(5)21-23-39;/h12-27,29-36,61H,1-11H3;/q-1;/i5D3;. The van der Waals surface area contributed by atoms with E-state index in [1.807, 2.05) is 30.3 Å².